The van der Waals surface area contributed by atoms with Crippen LogP contribution in [0.1, 0.15) is 41.6 Å². The van der Waals surface area contributed by atoms with Gasteiger partial charge in [0.15, 0.2) is 5.78 Å². The van der Waals surface area contributed by atoms with Gasteiger partial charge in [-0.05, 0) is 44.5 Å². The van der Waals surface area contributed by atoms with E-state index in [1.54, 1.807) is 36.1 Å². The van der Waals surface area contributed by atoms with E-state index >= 15 is 0 Å². The van der Waals surface area contributed by atoms with Crippen molar-refractivity contribution in [3.05, 3.63) is 35.4 Å². The van der Waals surface area contributed by atoms with E-state index < -0.39 is 11.9 Å². The highest BCUT2D eigenvalue weighted by molar-refractivity contribution is 6.00. The normalized spacial score (nSPS) is 20.5. The molecule has 3 rings (SSSR count). The Bertz CT molecular complexity index is 715. The van der Waals surface area contributed by atoms with Gasteiger partial charge in [-0.25, -0.2) is 0 Å². The maximum Gasteiger partial charge on any atom is 0.310 e. The van der Waals surface area contributed by atoms with Crippen molar-refractivity contribution in [3.8, 4) is 0 Å². The largest absolute Gasteiger partial charge is 0.481 e. The van der Waals surface area contributed by atoms with Gasteiger partial charge in [-0.3, -0.25) is 19.3 Å². The Labute approximate surface area is 159 Å². The Hall–Kier alpha value is -2.25. The molecule has 1 aromatic rings. The summed E-state index contributed by atoms with van der Waals surface area (Å²) < 4.78 is 0. The monoisotopic (exact) mass is 373 g/mol. The molecule has 0 bridgehead atoms. The Morgan fingerprint density at radius 2 is 2.00 bits per heavy atom. The molecule has 27 heavy (non-hydrogen) atoms. The Kier molecular flexibility index (Phi) is 6.23. The second-order valence-electron chi connectivity index (χ2n) is 7.38. The fourth-order valence-electron chi connectivity index (χ4n) is 3.77. The second kappa shape index (κ2) is 8.63. The third-order valence-electron chi connectivity index (χ3n) is 5.59. The van der Waals surface area contributed by atoms with Crippen molar-refractivity contribution < 1.29 is 19.5 Å². The average molecular weight is 373 g/mol. The molecule has 7 nitrogen and oxygen atoms in total. The van der Waals surface area contributed by atoms with Crippen molar-refractivity contribution >= 4 is 17.7 Å². The maximum absolute atomic E-state index is 12.6. The summed E-state index contributed by atoms with van der Waals surface area (Å²) >= 11 is 0. The summed E-state index contributed by atoms with van der Waals surface area (Å²) in [4.78, 5) is 40.1. The van der Waals surface area contributed by atoms with E-state index in [2.05, 4.69) is 10.2 Å². The van der Waals surface area contributed by atoms with Crippen LogP contribution in [-0.4, -0.2) is 77.9 Å². The smallest absolute Gasteiger partial charge is 0.310 e. The first kappa shape index (κ1) is 19.5. The van der Waals surface area contributed by atoms with E-state index in [1.807, 2.05) is 0 Å². The molecule has 2 saturated heterocycles. The highest BCUT2D eigenvalue weighted by Crippen LogP contribution is 2.19. The van der Waals surface area contributed by atoms with Crippen molar-refractivity contribution in [2.75, 3.05) is 39.3 Å². The number of piperidine rings is 1. The van der Waals surface area contributed by atoms with Gasteiger partial charge in [0.25, 0.3) is 0 Å². The zero-order valence-corrected chi connectivity index (χ0v) is 15.7. The first-order valence-electron chi connectivity index (χ1n) is 9.54. The van der Waals surface area contributed by atoms with Gasteiger partial charge in [-0.1, -0.05) is 18.2 Å². The molecule has 2 aliphatic heterocycles. The van der Waals surface area contributed by atoms with Crippen LogP contribution in [0.15, 0.2) is 24.3 Å². The molecule has 0 spiro atoms. The predicted molar refractivity (Wildman–Crippen MR) is 101 cm³/mol. The number of nitrogens with zero attached hydrogens (tertiary/aromatic N) is 2. The van der Waals surface area contributed by atoms with Crippen LogP contribution < -0.4 is 5.32 Å². The highest BCUT2D eigenvalue weighted by Gasteiger charge is 2.30. The number of amides is 1. The lowest BCUT2D eigenvalue weighted by Gasteiger charge is -2.40. The second-order valence-corrected chi connectivity index (χ2v) is 7.38. The Morgan fingerprint density at radius 3 is 2.67 bits per heavy atom. The van der Waals surface area contributed by atoms with Crippen LogP contribution >= 0.6 is 0 Å². The lowest BCUT2D eigenvalue weighted by atomic mass is 9.97. The number of hydrogen-bond acceptors (Lipinski definition) is 5. The summed E-state index contributed by atoms with van der Waals surface area (Å²) in [6, 6.07) is 7.15. The summed E-state index contributed by atoms with van der Waals surface area (Å²) in [7, 11) is 0. The number of nitrogens with one attached hydrogen (secondary N) is 1. The van der Waals surface area contributed by atoms with Gasteiger partial charge in [-0.2, -0.15) is 0 Å². The van der Waals surface area contributed by atoms with E-state index in [9.17, 15) is 14.4 Å². The number of aliphatic carboxylic acids is 1. The minimum atomic E-state index is -0.927. The summed E-state index contributed by atoms with van der Waals surface area (Å²) in [5, 5.41) is 12.5. The molecule has 0 aliphatic carbocycles. The first-order chi connectivity index (χ1) is 13.0. The zero-order chi connectivity index (χ0) is 19.4. The van der Waals surface area contributed by atoms with E-state index in [0.29, 0.717) is 30.3 Å². The van der Waals surface area contributed by atoms with Crippen LogP contribution in [0.5, 0.6) is 0 Å². The number of benzene rings is 1. The molecular formula is C20H27N3O4. The van der Waals surface area contributed by atoms with Crippen molar-refractivity contribution in [2.24, 2.45) is 0 Å². The molecule has 0 aromatic heterocycles. The number of piperazine rings is 1. The lowest BCUT2D eigenvalue weighted by Crippen LogP contribution is -2.56. The molecule has 1 unspecified atom stereocenters. The molecule has 2 N–H and O–H groups in total. The van der Waals surface area contributed by atoms with Gasteiger partial charge in [0.1, 0.15) is 0 Å². The van der Waals surface area contributed by atoms with Gasteiger partial charge in [0, 0.05) is 24.7 Å². The minimum absolute atomic E-state index is 0.0109. The fraction of sp³-hybridized carbons (Fsp3) is 0.550. The molecule has 146 valence electrons. The highest BCUT2D eigenvalue weighted by atomic mass is 16.4. The van der Waals surface area contributed by atoms with Crippen LogP contribution in [0.4, 0.5) is 0 Å². The molecule has 2 fully saturated rings. The van der Waals surface area contributed by atoms with Crippen molar-refractivity contribution in [1.82, 2.24) is 15.1 Å². The first-order valence-corrected chi connectivity index (χ1v) is 9.54. The average Bonchev–Trinajstić information content (AvgIpc) is 2.69. The van der Waals surface area contributed by atoms with Crippen molar-refractivity contribution in [1.29, 1.82) is 0 Å². The Balaban J connectivity index is 1.59. The number of carboxylic acids is 1. The summed E-state index contributed by atoms with van der Waals surface area (Å²) in [5.41, 5.74) is 1.05. The van der Waals surface area contributed by atoms with Crippen LogP contribution in [0, 0.1) is 0 Å². The van der Waals surface area contributed by atoms with Crippen molar-refractivity contribution in [3.63, 3.8) is 0 Å². The van der Waals surface area contributed by atoms with Gasteiger partial charge < -0.3 is 15.3 Å². The van der Waals surface area contributed by atoms with Gasteiger partial charge in [0.05, 0.1) is 19.0 Å². The minimum Gasteiger partial charge on any atom is -0.481 e. The number of hydrogen-bond donors (Lipinski definition) is 2. The Morgan fingerprint density at radius 1 is 1.26 bits per heavy atom. The summed E-state index contributed by atoms with van der Waals surface area (Å²) in [6.45, 7) is 5.33. The lowest BCUT2D eigenvalue weighted by molar-refractivity contribution is -0.138. The zero-order valence-electron chi connectivity index (χ0n) is 15.7. The number of rotatable bonds is 6. The number of carbonyl (C=O) groups excluding carboxylic acids is 2. The molecule has 2 heterocycles. The fourth-order valence-corrected chi connectivity index (χ4v) is 3.77. The van der Waals surface area contributed by atoms with E-state index in [-0.39, 0.29) is 18.2 Å². The topological polar surface area (TPSA) is 89.9 Å². The van der Waals surface area contributed by atoms with E-state index in [1.165, 1.54) is 0 Å². The van der Waals surface area contributed by atoms with Crippen LogP contribution in [0.25, 0.3) is 0 Å². The van der Waals surface area contributed by atoms with Gasteiger partial charge >= 0.3 is 5.97 Å². The molecule has 7 heteroatoms. The number of Topliss-reactive ketones (excluding diaryl/α,β-unsaturated/α-hetero) is 1. The SMILES string of the molecule is CC(C(=O)O)c1cccc(C(=O)CN2CCN(C3CCNCC3)CC2=O)c1. The van der Waals surface area contributed by atoms with Crippen LogP contribution in [-0.2, 0) is 9.59 Å². The third kappa shape index (κ3) is 4.73. The maximum atomic E-state index is 12.6. The number of carboxylic acid groups (broad SMARTS) is 1. The molecular weight excluding hydrogens is 346 g/mol. The molecule has 1 aromatic carbocycles. The quantitative estimate of drug-likeness (QED) is 0.722. The summed E-state index contributed by atoms with van der Waals surface area (Å²) in [5.74, 6) is -1.77. The summed E-state index contributed by atoms with van der Waals surface area (Å²) in [6.07, 6.45) is 2.11. The van der Waals surface area contributed by atoms with Gasteiger partial charge in [-0.15, -0.1) is 0 Å². The predicted octanol–water partition coefficient (Wildman–Crippen LogP) is 0.954. The number of ketones is 1. The van der Waals surface area contributed by atoms with Crippen LogP contribution in [0.2, 0.25) is 0 Å². The molecule has 1 atom stereocenters. The molecule has 1 amide bonds. The van der Waals surface area contributed by atoms with Crippen molar-refractivity contribution in [2.45, 2.75) is 31.7 Å². The molecule has 0 radical (unpaired) electrons. The van der Waals surface area contributed by atoms with Crippen LogP contribution in [0.3, 0.4) is 0 Å². The van der Waals surface area contributed by atoms with E-state index in [4.69, 9.17) is 5.11 Å². The molecule has 0 saturated carbocycles. The third-order valence-corrected chi connectivity index (χ3v) is 5.59. The van der Waals surface area contributed by atoms with Gasteiger partial charge in [0.2, 0.25) is 5.91 Å². The van der Waals surface area contributed by atoms with E-state index in [0.717, 1.165) is 32.5 Å². The standard InChI is InChI=1S/C20H27N3O4/c1-14(20(26)27)15-3-2-4-16(11-15)18(24)12-23-10-9-22(13-19(23)25)17-5-7-21-8-6-17/h2-4,11,14,17,21H,5-10,12-13H2,1H3,(H,26,27). The molecule has 2 aliphatic rings. The number of carbonyl (C=O) groups is 3.